The Labute approximate surface area is 181 Å². The predicted molar refractivity (Wildman–Crippen MR) is 112 cm³/mol. The van der Waals surface area contributed by atoms with E-state index in [9.17, 15) is 12.8 Å². The highest BCUT2D eigenvalue weighted by molar-refractivity contribution is 7.89. The lowest BCUT2D eigenvalue weighted by atomic mass is 10.0. The summed E-state index contributed by atoms with van der Waals surface area (Å²) in [5, 5.41) is 4.10. The van der Waals surface area contributed by atoms with E-state index in [2.05, 4.69) is 22.3 Å². The standard InChI is InChI=1S/C23H24FN3O3S/c24-18-9-11-19(12-10-18)31(28,29)27-16-23(13-14-23)15-20(27)22-25-21(26-30-22)8-4-7-17-5-2-1-3-6-17/h1-3,5-6,9-12,20H,4,7-8,13-16H2. The van der Waals surface area contributed by atoms with Crippen LogP contribution in [0.5, 0.6) is 0 Å². The Kier molecular flexibility index (Phi) is 5.14. The molecule has 0 bridgehead atoms. The maximum absolute atomic E-state index is 13.3. The van der Waals surface area contributed by atoms with Crippen molar-refractivity contribution in [3.63, 3.8) is 0 Å². The van der Waals surface area contributed by atoms with Crippen molar-refractivity contribution in [3.05, 3.63) is 77.7 Å². The zero-order chi connectivity index (χ0) is 21.5. The van der Waals surface area contributed by atoms with Crippen LogP contribution in [-0.4, -0.2) is 29.4 Å². The first-order valence-electron chi connectivity index (χ1n) is 10.6. The second-order valence-electron chi connectivity index (χ2n) is 8.61. The van der Waals surface area contributed by atoms with Crippen LogP contribution in [0.1, 0.15) is 49.0 Å². The molecular weight excluding hydrogens is 417 g/mol. The number of sulfonamides is 1. The fraction of sp³-hybridized carbons (Fsp3) is 0.391. The van der Waals surface area contributed by atoms with E-state index in [0.29, 0.717) is 31.1 Å². The summed E-state index contributed by atoms with van der Waals surface area (Å²) in [4.78, 5) is 4.63. The van der Waals surface area contributed by atoms with Crippen LogP contribution in [0.3, 0.4) is 0 Å². The molecule has 1 saturated heterocycles. The molecule has 8 heteroatoms. The van der Waals surface area contributed by atoms with Gasteiger partial charge in [-0.1, -0.05) is 35.5 Å². The molecule has 2 aromatic carbocycles. The van der Waals surface area contributed by atoms with Crippen molar-refractivity contribution in [2.24, 2.45) is 5.41 Å². The lowest BCUT2D eigenvalue weighted by Crippen LogP contribution is -2.31. The van der Waals surface area contributed by atoms with E-state index < -0.39 is 21.9 Å². The summed E-state index contributed by atoms with van der Waals surface area (Å²) in [5.74, 6) is 0.485. The van der Waals surface area contributed by atoms with Gasteiger partial charge in [-0.25, -0.2) is 12.8 Å². The zero-order valence-corrected chi connectivity index (χ0v) is 17.9. The van der Waals surface area contributed by atoms with Crippen LogP contribution in [0.4, 0.5) is 4.39 Å². The molecule has 0 N–H and O–H groups in total. The maximum atomic E-state index is 13.3. The van der Waals surface area contributed by atoms with E-state index >= 15 is 0 Å². The smallest absolute Gasteiger partial charge is 0.245 e. The van der Waals surface area contributed by atoms with Crippen LogP contribution in [0.2, 0.25) is 0 Å². The normalized spacial score (nSPS) is 20.4. The topological polar surface area (TPSA) is 76.3 Å². The maximum Gasteiger partial charge on any atom is 0.245 e. The third-order valence-corrected chi connectivity index (χ3v) is 8.19. The lowest BCUT2D eigenvalue weighted by molar-refractivity contribution is 0.289. The second-order valence-corrected chi connectivity index (χ2v) is 10.5. The second kappa shape index (κ2) is 7.84. The Bertz CT molecular complexity index is 1160. The molecule has 1 unspecified atom stereocenters. The number of hydrogen-bond acceptors (Lipinski definition) is 5. The Balaban J connectivity index is 1.33. The van der Waals surface area contributed by atoms with Crippen molar-refractivity contribution in [3.8, 4) is 0 Å². The van der Waals surface area contributed by atoms with Crippen molar-refractivity contribution in [2.75, 3.05) is 6.54 Å². The summed E-state index contributed by atoms with van der Waals surface area (Å²) in [6, 6.07) is 14.7. The van der Waals surface area contributed by atoms with Crippen molar-refractivity contribution in [1.82, 2.24) is 14.4 Å². The summed E-state index contributed by atoms with van der Waals surface area (Å²) in [5.41, 5.74) is 1.26. The van der Waals surface area contributed by atoms with Crippen LogP contribution in [-0.2, 0) is 22.9 Å². The molecule has 1 atom stereocenters. The van der Waals surface area contributed by atoms with Gasteiger partial charge in [-0.05, 0) is 67.3 Å². The van der Waals surface area contributed by atoms with Gasteiger partial charge in [0, 0.05) is 13.0 Å². The first-order chi connectivity index (χ1) is 15.0. The average Bonchev–Trinajstić information content (AvgIpc) is 3.18. The van der Waals surface area contributed by atoms with E-state index in [1.807, 2.05) is 18.2 Å². The monoisotopic (exact) mass is 441 g/mol. The van der Waals surface area contributed by atoms with Crippen molar-refractivity contribution in [2.45, 2.75) is 49.5 Å². The Morgan fingerprint density at radius 2 is 1.81 bits per heavy atom. The number of halogens is 1. The van der Waals surface area contributed by atoms with Gasteiger partial charge >= 0.3 is 0 Å². The van der Waals surface area contributed by atoms with Crippen LogP contribution < -0.4 is 0 Å². The van der Waals surface area contributed by atoms with Crippen LogP contribution in [0, 0.1) is 11.2 Å². The number of aryl methyl sites for hydroxylation is 2. The molecule has 6 nitrogen and oxygen atoms in total. The molecule has 3 aromatic rings. The molecule has 1 aromatic heterocycles. The van der Waals surface area contributed by atoms with E-state index in [4.69, 9.17) is 4.52 Å². The van der Waals surface area contributed by atoms with Gasteiger partial charge in [-0.15, -0.1) is 0 Å². The van der Waals surface area contributed by atoms with E-state index in [1.54, 1.807) is 0 Å². The molecule has 2 heterocycles. The highest BCUT2D eigenvalue weighted by atomic mass is 32.2. The Hall–Kier alpha value is -2.58. The molecule has 2 fully saturated rings. The summed E-state index contributed by atoms with van der Waals surface area (Å²) < 4.78 is 46.9. The first-order valence-corrected chi connectivity index (χ1v) is 12.0. The van der Waals surface area contributed by atoms with Gasteiger partial charge in [-0.2, -0.15) is 9.29 Å². The molecular formula is C23H24FN3O3S. The molecule has 0 radical (unpaired) electrons. The highest BCUT2D eigenvalue weighted by Gasteiger charge is 2.57. The number of hydrogen-bond donors (Lipinski definition) is 0. The number of rotatable bonds is 7. The van der Waals surface area contributed by atoms with Crippen molar-refractivity contribution in [1.29, 1.82) is 0 Å². The van der Waals surface area contributed by atoms with Gasteiger partial charge in [0.15, 0.2) is 5.82 Å². The van der Waals surface area contributed by atoms with E-state index in [0.717, 1.165) is 25.7 Å². The molecule has 1 aliphatic heterocycles. The average molecular weight is 442 g/mol. The molecule has 2 aliphatic rings. The van der Waals surface area contributed by atoms with Crippen molar-refractivity contribution < 1.29 is 17.3 Å². The minimum atomic E-state index is -3.79. The van der Waals surface area contributed by atoms with Gasteiger partial charge in [0.25, 0.3) is 0 Å². The summed E-state index contributed by atoms with van der Waals surface area (Å²) >= 11 is 0. The molecule has 31 heavy (non-hydrogen) atoms. The van der Waals surface area contributed by atoms with Gasteiger partial charge in [-0.3, -0.25) is 0 Å². The molecule has 1 saturated carbocycles. The third-order valence-electron chi connectivity index (χ3n) is 6.32. The SMILES string of the molecule is O=S(=O)(c1ccc(F)cc1)N1CC2(CC2)CC1c1nc(CCCc2ccccc2)no1. The summed E-state index contributed by atoms with van der Waals surface area (Å²) in [6.45, 7) is 0.434. The van der Waals surface area contributed by atoms with E-state index in [-0.39, 0.29) is 10.3 Å². The van der Waals surface area contributed by atoms with Gasteiger partial charge < -0.3 is 4.52 Å². The predicted octanol–water partition coefficient (Wildman–Crippen LogP) is 4.30. The molecule has 5 rings (SSSR count). The van der Waals surface area contributed by atoms with Crippen LogP contribution >= 0.6 is 0 Å². The number of benzene rings is 2. The Morgan fingerprint density at radius 1 is 1.06 bits per heavy atom. The number of nitrogens with zero attached hydrogens (tertiary/aromatic N) is 3. The van der Waals surface area contributed by atoms with Gasteiger partial charge in [0.2, 0.25) is 15.9 Å². The molecule has 162 valence electrons. The van der Waals surface area contributed by atoms with Gasteiger partial charge in [0.05, 0.1) is 4.90 Å². The molecule has 1 spiro atoms. The third kappa shape index (κ3) is 4.14. The van der Waals surface area contributed by atoms with E-state index in [1.165, 1.54) is 34.1 Å². The van der Waals surface area contributed by atoms with Crippen LogP contribution in [0.15, 0.2) is 64.0 Å². The van der Waals surface area contributed by atoms with Gasteiger partial charge in [0.1, 0.15) is 11.9 Å². The fourth-order valence-corrected chi connectivity index (χ4v) is 6.06. The Morgan fingerprint density at radius 3 is 2.52 bits per heavy atom. The zero-order valence-electron chi connectivity index (χ0n) is 17.1. The molecule has 0 amide bonds. The summed E-state index contributed by atoms with van der Waals surface area (Å²) in [7, 11) is -3.79. The lowest BCUT2D eigenvalue weighted by Gasteiger charge is -2.21. The largest absolute Gasteiger partial charge is 0.338 e. The number of aromatic nitrogens is 2. The van der Waals surface area contributed by atoms with Crippen LogP contribution in [0.25, 0.3) is 0 Å². The minimum Gasteiger partial charge on any atom is -0.338 e. The highest BCUT2D eigenvalue weighted by Crippen LogP contribution is 2.59. The summed E-state index contributed by atoms with van der Waals surface area (Å²) in [6.07, 6.45) is 5.14. The first kappa shape index (κ1) is 20.3. The molecule has 1 aliphatic carbocycles. The van der Waals surface area contributed by atoms with Crippen molar-refractivity contribution >= 4 is 10.0 Å². The fourth-order valence-electron chi connectivity index (χ4n) is 4.36. The minimum absolute atomic E-state index is 0.000288. The quantitative estimate of drug-likeness (QED) is 0.546.